The second-order valence-electron chi connectivity index (χ2n) is 13.4. The van der Waals surface area contributed by atoms with Crippen molar-refractivity contribution < 1.29 is 23.1 Å². The molecule has 6 atom stereocenters. The molecule has 1 spiro atoms. The highest BCUT2D eigenvalue weighted by Crippen LogP contribution is 2.49. The van der Waals surface area contributed by atoms with Crippen molar-refractivity contribution in [3.05, 3.63) is 70.3 Å². The average molecular weight is 638 g/mol. The first-order chi connectivity index (χ1) is 20.9. The summed E-state index contributed by atoms with van der Waals surface area (Å²) in [4.78, 5) is 15.6. The lowest BCUT2D eigenvalue weighted by molar-refractivity contribution is -0.0417. The number of anilines is 1. The number of aryl methyl sites for hydroxylation is 1. The summed E-state index contributed by atoms with van der Waals surface area (Å²) in [7, 11) is -3.99. The molecular weight excluding hydrogens is 598 g/mol. The Morgan fingerprint density at radius 1 is 1.20 bits per heavy atom. The predicted octanol–water partition coefficient (Wildman–Crippen LogP) is 5.53. The van der Waals surface area contributed by atoms with Crippen LogP contribution in [-0.2, 0) is 21.9 Å². The Kier molecular flexibility index (Phi) is 8.23. The van der Waals surface area contributed by atoms with Crippen molar-refractivity contribution in [3.8, 4) is 11.8 Å². The van der Waals surface area contributed by atoms with Crippen molar-refractivity contribution in [2.24, 2.45) is 17.8 Å². The van der Waals surface area contributed by atoms with E-state index in [0.717, 1.165) is 37.8 Å². The molecule has 0 unspecified atom stereocenters. The molecule has 2 aliphatic carbocycles. The van der Waals surface area contributed by atoms with E-state index < -0.39 is 26.8 Å². The number of nitrogens with one attached hydrogen (secondary N) is 1. The standard InChI is InChI=1S/C34H40ClN3O5S/c1-22-5-3-14-34(40,15-16-36)29-10-7-26(29)19-38-20-33(13-4-6-24-17-27(35)9-11-28(24)33)21-43-31-12-8-25(18-30(31)38)32(39)37-44(41,42)23(22)2/h3,8-9,11-12,14,17-18,22-23,26,29,40H,4-7,10,13,15,19-21H2,1-2H3,(H,37,39)/b14-3-/t22-,23+,26-,29+,33-,34+/m0/s1. The number of sulfonamides is 1. The van der Waals surface area contributed by atoms with Crippen LogP contribution in [0.5, 0.6) is 5.75 Å². The average Bonchev–Trinajstić information content (AvgIpc) is 3.11. The SMILES string of the molecule is C[C@@H]1[C@@H](C)C/C=C\[C@@](O)(CC#N)[C@@H]2CC[C@H]2CN2C[C@@]3(CCCc4cc(Cl)ccc43)COc3ccc(cc32)C(=O)NS1(=O)=O. The first-order valence-corrected chi connectivity index (χ1v) is 17.5. The highest BCUT2D eigenvalue weighted by Gasteiger charge is 2.48. The number of benzene rings is 2. The summed E-state index contributed by atoms with van der Waals surface area (Å²) in [6, 6.07) is 13.4. The maximum absolute atomic E-state index is 13.4. The summed E-state index contributed by atoms with van der Waals surface area (Å²) in [6.45, 7) is 5.08. The maximum atomic E-state index is 13.4. The predicted molar refractivity (Wildman–Crippen MR) is 170 cm³/mol. The first-order valence-electron chi connectivity index (χ1n) is 15.6. The van der Waals surface area contributed by atoms with E-state index in [1.165, 1.54) is 11.1 Å². The zero-order chi connectivity index (χ0) is 31.3. The number of hydrogen-bond acceptors (Lipinski definition) is 7. The van der Waals surface area contributed by atoms with Crippen molar-refractivity contribution >= 4 is 33.2 Å². The van der Waals surface area contributed by atoms with E-state index in [-0.39, 0.29) is 35.2 Å². The third-order valence-electron chi connectivity index (χ3n) is 10.6. The van der Waals surface area contributed by atoms with Gasteiger partial charge in [0.15, 0.2) is 0 Å². The number of carbonyl (C=O) groups excluding carboxylic acids is 1. The van der Waals surface area contributed by atoms with Crippen LogP contribution in [0.1, 0.15) is 73.9 Å². The van der Waals surface area contributed by atoms with Crippen LogP contribution in [0.4, 0.5) is 5.69 Å². The Balaban J connectivity index is 1.45. The van der Waals surface area contributed by atoms with Gasteiger partial charge in [-0.2, -0.15) is 5.26 Å². The maximum Gasteiger partial charge on any atom is 0.264 e. The lowest BCUT2D eigenvalue weighted by Crippen LogP contribution is -2.52. The topological polar surface area (TPSA) is 120 Å². The van der Waals surface area contributed by atoms with Gasteiger partial charge in [-0.25, -0.2) is 13.1 Å². The van der Waals surface area contributed by atoms with Crippen LogP contribution in [0.15, 0.2) is 48.6 Å². The second-order valence-corrected chi connectivity index (χ2v) is 15.8. The number of nitriles is 1. The van der Waals surface area contributed by atoms with Crippen LogP contribution in [0.2, 0.25) is 5.02 Å². The van der Waals surface area contributed by atoms with Crippen molar-refractivity contribution in [2.75, 3.05) is 24.6 Å². The number of aliphatic hydroxyl groups is 1. The van der Waals surface area contributed by atoms with E-state index in [0.29, 0.717) is 36.9 Å². The number of halogens is 1. The Morgan fingerprint density at radius 3 is 2.77 bits per heavy atom. The summed E-state index contributed by atoms with van der Waals surface area (Å²) in [5.74, 6) is -0.385. The Morgan fingerprint density at radius 2 is 2.02 bits per heavy atom. The molecule has 4 aliphatic rings. The Bertz CT molecular complexity index is 1640. The number of amides is 1. The minimum Gasteiger partial charge on any atom is -0.490 e. The summed E-state index contributed by atoms with van der Waals surface area (Å²) in [5.41, 5.74) is 1.77. The molecule has 0 saturated heterocycles. The minimum absolute atomic E-state index is 0.0368. The molecule has 2 heterocycles. The largest absolute Gasteiger partial charge is 0.490 e. The number of nitrogens with zero attached hydrogens (tertiary/aromatic N) is 2. The van der Waals surface area contributed by atoms with Gasteiger partial charge in [0.05, 0.1) is 35.6 Å². The molecule has 10 heteroatoms. The summed E-state index contributed by atoms with van der Waals surface area (Å²) >= 11 is 6.39. The van der Waals surface area contributed by atoms with Gasteiger partial charge in [0.2, 0.25) is 10.0 Å². The van der Waals surface area contributed by atoms with Crippen LogP contribution in [0.25, 0.3) is 0 Å². The van der Waals surface area contributed by atoms with Gasteiger partial charge < -0.3 is 14.7 Å². The van der Waals surface area contributed by atoms with E-state index in [2.05, 4.69) is 21.8 Å². The number of hydrogen-bond donors (Lipinski definition) is 2. The van der Waals surface area contributed by atoms with E-state index in [1.807, 2.05) is 19.1 Å². The summed E-state index contributed by atoms with van der Waals surface area (Å²) < 4.78 is 35.3. The first kappa shape index (κ1) is 30.9. The van der Waals surface area contributed by atoms with Crippen LogP contribution in [0, 0.1) is 29.1 Å². The Hall–Kier alpha value is -3.06. The van der Waals surface area contributed by atoms with Crippen molar-refractivity contribution in [2.45, 2.75) is 75.1 Å². The number of allylic oxidation sites excluding steroid dienone is 1. The Labute approximate surface area is 265 Å². The third kappa shape index (κ3) is 5.61. The van der Waals surface area contributed by atoms with Crippen molar-refractivity contribution in [1.29, 1.82) is 5.26 Å². The monoisotopic (exact) mass is 637 g/mol. The summed E-state index contributed by atoms with van der Waals surface area (Å²) in [6.07, 6.45) is 8.41. The normalized spacial score (nSPS) is 33.8. The van der Waals surface area contributed by atoms with E-state index in [4.69, 9.17) is 16.3 Å². The number of rotatable bonds is 1. The van der Waals surface area contributed by atoms with Gasteiger partial charge in [-0.1, -0.05) is 36.7 Å². The van der Waals surface area contributed by atoms with Crippen LogP contribution in [0.3, 0.4) is 0 Å². The highest BCUT2D eigenvalue weighted by molar-refractivity contribution is 7.90. The molecule has 0 aromatic heterocycles. The van der Waals surface area contributed by atoms with Gasteiger partial charge in [0.25, 0.3) is 5.91 Å². The molecule has 234 valence electrons. The van der Waals surface area contributed by atoms with E-state index in [9.17, 15) is 23.6 Å². The molecule has 0 radical (unpaired) electrons. The molecule has 2 aliphatic heterocycles. The molecule has 2 aromatic rings. The molecule has 44 heavy (non-hydrogen) atoms. The van der Waals surface area contributed by atoms with Gasteiger partial charge in [-0.05, 0) is 105 Å². The second kappa shape index (κ2) is 11.7. The third-order valence-corrected chi connectivity index (χ3v) is 12.8. The van der Waals surface area contributed by atoms with Crippen LogP contribution < -0.4 is 14.4 Å². The lowest BCUT2D eigenvalue weighted by Gasteiger charge is -2.48. The van der Waals surface area contributed by atoms with Crippen LogP contribution in [-0.4, -0.2) is 50.0 Å². The molecule has 2 aromatic carbocycles. The van der Waals surface area contributed by atoms with Crippen LogP contribution >= 0.6 is 11.6 Å². The minimum atomic E-state index is -3.99. The van der Waals surface area contributed by atoms with Gasteiger partial charge in [-0.3, -0.25) is 4.79 Å². The van der Waals surface area contributed by atoms with Gasteiger partial charge in [0, 0.05) is 29.1 Å². The van der Waals surface area contributed by atoms with Gasteiger partial charge >= 0.3 is 0 Å². The van der Waals surface area contributed by atoms with E-state index >= 15 is 0 Å². The number of ether oxygens (including phenoxy) is 1. The fraction of sp³-hybridized carbons (Fsp3) is 0.529. The lowest BCUT2D eigenvalue weighted by atomic mass is 9.63. The van der Waals surface area contributed by atoms with E-state index in [1.54, 1.807) is 37.3 Å². The molecule has 1 fully saturated rings. The zero-order valence-electron chi connectivity index (χ0n) is 25.3. The highest BCUT2D eigenvalue weighted by atomic mass is 35.5. The van der Waals surface area contributed by atoms with Gasteiger partial charge in [-0.15, -0.1) is 0 Å². The smallest absolute Gasteiger partial charge is 0.264 e. The fourth-order valence-electron chi connectivity index (χ4n) is 7.69. The molecule has 2 bridgehead atoms. The molecule has 2 N–H and O–H groups in total. The van der Waals surface area contributed by atoms with Crippen molar-refractivity contribution in [3.63, 3.8) is 0 Å². The molecule has 1 amide bonds. The quantitative estimate of drug-likeness (QED) is 0.395. The number of carbonyl (C=O) groups is 1. The van der Waals surface area contributed by atoms with Gasteiger partial charge in [0.1, 0.15) is 5.75 Å². The zero-order valence-corrected chi connectivity index (χ0v) is 26.8. The molecule has 6 rings (SSSR count). The van der Waals surface area contributed by atoms with Crippen molar-refractivity contribution in [1.82, 2.24) is 4.72 Å². The molecule has 8 nitrogen and oxygen atoms in total. The molecular formula is C34H40ClN3O5S. The fourth-order valence-corrected chi connectivity index (χ4v) is 9.17. The number of fused-ring (bicyclic) bond motifs is 4. The summed E-state index contributed by atoms with van der Waals surface area (Å²) in [5, 5.41) is 21.4. The molecule has 1 saturated carbocycles.